The summed E-state index contributed by atoms with van der Waals surface area (Å²) in [6.07, 6.45) is 1.39. The van der Waals surface area contributed by atoms with Crippen LogP contribution in [0.2, 0.25) is 0 Å². The van der Waals surface area contributed by atoms with Crippen molar-refractivity contribution >= 4 is 22.6 Å². The number of aromatic nitrogens is 3. The van der Waals surface area contributed by atoms with Crippen LogP contribution < -0.4 is 10.1 Å². The first-order valence-corrected chi connectivity index (χ1v) is 8.56. The number of rotatable bonds is 5. The first-order valence-electron chi connectivity index (χ1n) is 8.56. The third-order valence-electron chi connectivity index (χ3n) is 4.06. The summed E-state index contributed by atoms with van der Waals surface area (Å²) in [5.41, 5.74) is 1.03. The van der Waals surface area contributed by atoms with E-state index in [2.05, 4.69) is 15.4 Å². The molecule has 4 aromatic rings. The van der Waals surface area contributed by atoms with E-state index in [1.54, 1.807) is 18.2 Å². The first kappa shape index (κ1) is 17.2. The lowest BCUT2D eigenvalue weighted by Crippen LogP contribution is -2.22. The van der Waals surface area contributed by atoms with Gasteiger partial charge in [-0.25, -0.2) is 4.98 Å². The number of hydrogen-bond acceptors (Lipinski definition) is 5. The first-order chi connectivity index (χ1) is 13.7. The Hall–Kier alpha value is -4.18. The molecule has 136 valence electrons. The summed E-state index contributed by atoms with van der Waals surface area (Å²) in [6, 6.07) is 22.4. The van der Waals surface area contributed by atoms with E-state index in [1.807, 2.05) is 54.6 Å². The molecule has 28 heavy (non-hydrogen) atoms. The minimum Gasteiger partial charge on any atom is -0.484 e. The average molecular weight is 369 g/mol. The second-order valence-electron chi connectivity index (χ2n) is 5.94. The van der Waals surface area contributed by atoms with E-state index in [1.165, 1.54) is 10.9 Å². The van der Waals surface area contributed by atoms with E-state index in [0.29, 0.717) is 11.6 Å². The summed E-state index contributed by atoms with van der Waals surface area (Å²) in [5.74, 6) is 0.942. The Morgan fingerprint density at radius 3 is 2.68 bits per heavy atom. The van der Waals surface area contributed by atoms with Crippen LogP contribution in [0.1, 0.15) is 5.56 Å². The number of amides is 1. The number of nitrogens with one attached hydrogen (secondary N) is 1. The molecule has 4 rings (SSSR count). The van der Waals surface area contributed by atoms with Gasteiger partial charge in [-0.15, -0.1) is 0 Å². The monoisotopic (exact) mass is 369 g/mol. The molecule has 2 heterocycles. The molecule has 0 saturated carbocycles. The Bertz CT molecular complexity index is 1180. The van der Waals surface area contributed by atoms with Crippen LogP contribution in [0.15, 0.2) is 72.9 Å². The van der Waals surface area contributed by atoms with Gasteiger partial charge < -0.3 is 10.1 Å². The Kier molecular flexibility index (Phi) is 4.68. The molecule has 0 saturated heterocycles. The molecule has 1 amide bonds. The van der Waals surface area contributed by atoms with E-state index in [4.69, 9.17) is 4.74 Å². The topological polar surface area (TPSA) is 92.8 Å². The van der Waals surface area contributed by atoms with Gasteiger partial charge in [0.15, 0.2) is 18.2 Å². The van der Waals surface area contributed by atoms with Gasteiger partial charge in [0.2, 0.25) is 0 Å². The van der Waals surface area contributed by atoms with Gasteiger partial charge in [0.25, 0.3) is 5.91 Å². The summed E-state index contributed by atoms with van der Waals surface area (Å²) < 4.78 is 6.89. The summed E-state index contributed by atoms with van der Waals surface area (Å²) in [7, 11) is 0. The number of fused-ring (bicyclic) bond motifs is 1. The molecule has 0 radical (unpaired) electrons. The van der Waals surface area contributed by atoms with Crippen molar-refractivity contribution < 1.29 is 9.53 Å². The highest BCUT2D eigenvalue weighted by atomic mass is 16.5. The predicted octanol–water partition coefficient (Wildman–Crippen LogP) is 3.31. The van der Waals surface area contributed by atoms with Crippen LogP contribution in [0, 0.1) is 11.3 Å². The van der Waals surface area contributed by atoms with E-state index in [-0.39, 0.29) is 18.0 Å². The maximum atomic E-state index is 12.3. The highest BCUT2D eigenvalue weighted by Gasteiger charge is 2.16. The number of pyridine rings is 1. The van der Waals surface area contributed by atoms with Crippen molar-refractivity contribution in [2.75, 3.05) is 11.9 Å². The molecule has 0 bridgehead atoms. The van der Waals surface area contributed by atoms with E-state index >= 15 is 0 Å². The van der Waals surface area contributed by atoms with Crippen LogP contribution in [0.4, 0.5) is 5.82 Å². The van der Waals surface area contributed by atoms with Gasteiger partial charge in [0, 0.05) is 5.39 Å². The Morgan fingerprint density at radius 1 is 1.07 bits per heavy atom. The lowest BCUT2D eigenvalue weighted by Gasteiger charge is -2.10. The van der Waals surface area contributed by atoms with Crippen LogP contribution in [0.25, 0.3) is 16.7 Å². The van der Waals surface area contributed by atoms with Gasteiger partial charge in [-0.3, -0.25) is 4.79 Å². The van der Waals surface area contributed by atoms with Crippen LogP contribution in [0.3, 0.4) is 0 Å². The van der Waals surface area contributed by atoms with Gasteiger partial charge in [-0.05, 0) is 30.3 Å². The fraction of sp³-hybridized carbons (Fsp3) is 0.0476. The van der Waals surface area contributed by atoms with Crippen molar-refractivity contribution in [1.82, 2.24) is 14.8 Å². The number of benzene rings is 2. The van der Waals surface area contributed by atoms with E-state index in [0.717, 1.165) is 10.9 Å². The number of ether oxygens (including phenoxy) is 1. The third-order valence-corrected chi connectivity index (χ3v) is 4.06. The van der Waals surface area contributed by atoms with Crippen LogP contribution in [0.5, 0.6) is 5.75 Å². The highest BCUT2D eigenvalue weighted by Crippen LogP contribution is 2.21. The van der Waals surface area contributed by atoms with Crippen LogP contribution in [-0.2, 0) is 4.79 Å². The molecule has 0 atom stereocenters. The molecule has 2 aromatic carbocycles. The van der Waals surface area contributed by atoms with Crippen molar-refractivity contribution in [2.45, 2.75) is 0 Å². The average Bonchev–Trinajstić information content (AvgIpc) is 3.15. The number of nitrogens with zero attached hydrogens (tertiary/aromatic N) is 4. The molecule has 1 N–H and O–H groups in total. The smallest absolute Gasteiger partial charge is 0.263 e. The Labute approximate surface area is 160 Å². The molecule has 0 unspecified atom stereocenters. The van der Waals surface area contributed by atoms with Crippen molar-refractivity contribution in [3.05, 3.63) is 78.5 Å². The summed E-state index contributed by atoms with van der Waals surface area (Å²) in [4.78, 5) is 16.9. The van der Waals surface area contributed by atoms with Gasteiger partial charge in [-0.2, -0.15) is 15.0 Å². The maximum absolute atomic E-state index is 12.3. The molecule has 0 aliphatic heterocycles. The van der Waals surface area contributed by atoms with E-state index in [9.17, 15) is 10.1 Å². The standard InChI is InChI=1S/C21H15N5O2/c22-12-16-13-23-26(19-11-10-15-6-4-5-9-18(15)24-19)21(16)25-20(27)14-28-17-7-2-1-3-8-17/h1-11,13H,14H2,(H,25,27). The molecule has 7 nitrogen and oxygen atoms in total. The zero-order valence-electron chi connectivity index (χ0n) is 14.7. The largest absolute Gasteiger partial charge is 0.484 e. The van der Waals surface area contributed by atoms with Crippen molar-refractivity contribution in [3.8, 4) is 17.6 Å². The van der Waals surface area contributed by atoms with Crippen molar-refractivity contribution in [3.63, 3.8) is 0 Å². The molecule has 0 aliphatic carbocycles. The summed E-state index contributed by atoms with van der Waals surface area (Å²) >= 11 is 0. The lowest BCUT2D eigenvalue weighted by atomic mass is 10.2. The fourth-order valence-corrected chi connectivity index (χ4v) is 2.73. The quantitative estimate of drug-likeness (QED) is 0.583. The third kappa shape index (κ3) is 3.52. The molecule has 7 heteroatoms. The van der Waals surface area contributed by atoms with Gasteiger partial charge in [0.05, 0.1) is 11.7 Å². The second-order valence-corrected chi connectivity index (χ2v) is 5.94. The number of para-hydroxylation sites is 2. The predicted molar refractivity (Wildman–Crippen MR) is 104 cm³/mol. The number of anilines is 1. The zero-order valence-corrected chi connectivity index (χ0v) is 14.7. The summed E-state index contributed by atoms with van der Waals surface area (Å²) in [5, 5.41) is 17.3. The molecular weight excluding hydrogens is 354 g/mol. The van der Waals surface area contributed by atoms with Gasteiger partial charge >= 0.3 is 0 Å². The highest BCUT2D eigenvalue weighted by molar-refractivity contribution is 5.92. The van der Waals surface area contributed by atoms with Crippen molar-refractivity contribution in [2.24, 2.45) is 0 Å². The number of carbonyl (C=O) groups is 1. The molecule has 0 spiro atoms. The van der Waals surface area contributed by atoms with Gasteiger partial charge in [0.1, 0.15) is 17.4 Å². The Morgan fingerprint density at radius 2 is 1.86 bits per heavy atom. The normalized spacial score (nSPS) is 10.4. The zero-order chi connectivity index (χ0) is 19.3. The number of hydrogen-bond donors (Lipinski definition) is 1. The minimum absolute atomic E-state index is 0.189. The minimum atomic E-state index is -0.400. The van der Waals surface area contributed by atoms with Gasteiger partial charge in [-0.1, -0.05) is 36.4 Å². The Balaban J connectivity index is 1.59. The number of nitriles is 1. The van der Waals surface area contributed by atoms with Crippen molar-refractivity contribution in [1.29, 1.82) is 5.26 Å². The lowest BCUT2D eigenvalue weighted by molar-refractivity contribution is -0.118. The molecule has 0 fully saturated rings. The van der Waals surface area contributed by atoms with Crippen LogP contribution in [-0.4, -0.2) is 27.3 Å². The molecular formula is C21H15N5O2. The SMILES string of the molecule is N#Cc1cnn(-c2ccc3ccccc3n2)c1NC(=O)COc1ccccc1. The second kappa shape index (κ2) is 7.60. The molecule has 0 aliphatic rings. The fourth-order valence-electron chi connectivity index (χ4n) is 2.73. The van der Waals surface area contributed by atoms with E-state index < -0.39 is 5.91 Å². The van der Waals surface area contributed by atoms with Crippen LogP contribution >= 0.6 is 0 Å². The maximum Gasteiger partial charge on any atom is 0.263 e. The summed E-state index contributed by atoms with van der Waals surface area (Å²) in [6.45, 7) is -0.189. The molecule has 2 aromatic heterocycles. The number of carbonyl (C=O) groups excluding carboxylic acids is 1.